The Morgan fingerprint density at radius 3 is 2.54 bits per heavy atom. The lowest BCUT2D eigenvalue weighted by atomic mass is 10.1. The fourth-order valence-electron chi connectivity index (χ4n) is 2.40. The lowest BCUT2D eigenvalue weighted by Crippen LogP contribution is -2.10. The van der Waals surface area contributed by atoms with Crippen LogP contribution in [0.1, 0.15) is 5.56 Å². The van der Waals surface area contributed by atoms with Gasteiger partial charge in [0, 0.05) is 17.8 Å². The van der Waals surface area contributed by atoms with E-state index >= 15 is 0 Å². The maximum absolute atomic E-state index is 11.5. The molecule has 0 aliphatic carbocycles. The highest BCUT2D eigenvalue weighted by Crippen LogP contribution is 2.33. The molecule has 0 aliphatic heterocycles. The Labute approximate surface area is 150 Å². The first-order chi connectivity index (χ1) is 12.3. The summed E-state index contributed by atoms with van der Waals surface area (Å²) in [7, 11) is -1.92. The SMILES string of the molecule is COc1cc2c(C)cc(-c3ncc[nH]3)nc2cc1NS(C)(=O)=O.O=CO. The number of aromatic nitrogens is 3. The molecule has 9 nitrogen and oxygen atoms in total. The number of anilines is 1. The molecular formula is C16H18N4O5S. The van der Waals surface area contributed by atoms with E-state index in [1.165, 1.54) is 7.11 Å². The number of hydrogen-bond donors (Lipinski definition) is 3. The van der Waals surface area contributed by atoms with Crippen LogP contribution < -0.4 is 9.46 Å². The van der Waals surface area contributed by atoms with Crippen LogP contribution in [0.2, 0.25) is 0 Å². The van der Waals surface area contributed by atoms with Gasteiger partial charge in [0.2, 0.25) is 10.0 Å². The van der Waals surface area contributed by atoms with Gasteiger partial charge >= 0.3 is 0 Å². The van der Waals surface area contributed by atoms with Crippen LogP contribution in [0, 0.1) is 6.92 Å². The maximum Gasteiger partial charge on any atom is 0.290 e. The number of pyridine rings is 1. The van der Waals surface area contributed by atoms with Gasteiger partial charge in [-0.15, -0.1) is 0 Å². The molecule has 138 valence electrons. The van der Waals surface area contributed by atoms with Gasteiger partial charge in [-0.05, 0) is 30.7 Å². The van der Waals surface area contributed by atoms with E-state index in [2.05, 4.69) is 19.7 Å². The number of H-pyrrole nitrogens is 1. The molecule has 2 heterocycles. The van der Waals surface area contributed by atoms with Crippen LogP contribution >= 0.6 is 0 Å². The van der Waals surface area contributed by atoms with Crippen molar-refractivity contribution in [2.75, 3.05) is 18.1 Å². The molecule has 2 aromatic heterocycles. The van der Waals surface area contributed by atoms with Gasteiger partial charge in [-0.3, -0.25) is 9.52 Å². The minimum absolute atomic E-state index is 0.250. The third-order valence-electron chi connectivity index (χ3n) is 3.37. The van der Waals surface area contributed by atoms with E-state index in [1.807, 2.05) is 13.0 Å². The highest BCUT2D eigenvalue weighted by Gasteiger charge is 2.13. The minimum atomic E-state index is -3.42. The second-order valence-electron chi connectivity index (χ2n) is 5.31. The summed E-state index contributed by atoms with van der Waals surface area (Å²) in [6.45, 7) is 1.71. The third-order valence-corrected chi connectivity index (χ3v) is 3.96. The molecule has 0 aliphatic rings. The molecule has 0 bridgehead atoms. The number of hydrogen-bond acceptors (Lipinski definition) is 6. The van der Waals surface area contributed by atoms with E-state index in [4.69, 9.17) is 14.6 Å². The van der Waals surface area contributed by atoms with Crippen molar-refractivity contribution in [1.82, 2.24) is 15.0 Å². The molecule has 3 N–H and O–H groups in total. The van der Waals surface area contributed by atoms with Crippen LogP contribution in [0.3, 0.4) is 0 Å². The van der Waals surface area contributed by atoms with E-state index in [-0.39, 0.29) is 6.47 Å². The number of imidazole rings is 1. The van der Waals surface area contributed by atoms with Gasteiger partial charge in [0.05, 0.1) is 24.6 Å². The molecule has 0 saturated carbocycles. The summed E-state index contributed by atoms with van der Waals surface area (Å²) in [5.74, 6) is 1.10. The zero-order valence-electron chi connectivity index (χ0n) is 14.3. The first-order valence-electron chi connectivity index (χ1n) is 7.34. The molecule has 1 aromatic carbocycles. The van der Waals surface area contributed by atoms with Gasteiger partial charge in [-0.2, -0.15) is 0 Å². The number of fused-ring (bicyclic) bond motifs is 1. The summed E-state index contributed by atoms with van der Waals surface area (Å²) in [5.41, 5.74) is 2.69. The number of aromatic amines is 1. The fraction of sp³-hybridized carbons (Fsp3) is 0.188. The highest BCUT2D eigenvalue weighted by atomic mass is 32.2. The number of carboxylic acid groups (broad SMARTS) is 1. The lowest BCUT2D eigenvalue weighted by molar-refractivity contribution is -0.122. The quantitative estimate of drug-likeness (QED) is 0.591. The first kappa shape index (κ1) is 19.2. The molecule has 0 atom stereocenters. The van der Waals surface area contributed by atoms with Crippen LogP contribution in [0.25, 0.3) is 22.4 Å². The summed E-state index contributed by atoms with van der Waals surface area (Å²) in [6, 6.07) is 5.36. The van der Waals surface area contributed by atoms with Crippen LogP contribution in [0.15, 0.2) is 30.6 Å². The number of sulfonamides is 1. The number of carbonyl (C=O) groups is 1. The van der Waals surface area contributed by atoms with E-state index in [9.17, 15) is 8.42 Å². The number of aryl methyl sites for hydroxylation is 1. The molecule has 0 radical (unpaired) electrons. The third kappa shape index (κ3) is 4.48. The van der Waals surface area contributed by atoms with E-state index < -0.39 is 10.0 Å². The van der Waals surface area contributed by atoms with Gasteiger partial charge in [0.25, 0.3) is 6.47 Å². The fourth-order valence-corrected chi connectivity index (χ4v) is 2.96. The predicted octanol–water partition coefficient (Wildman–Crippen LogP) is 2.01. The Morgan fingerprint density at radius 2 is 2.00 bits per heavy atom. The van der Waals surface area contributed by atoms with Crippen LogP contribution in [0.4, 0.5) is 5.69 Å². The van der Waals surface area contributed by atoms with Crippen molar-refractivity contribution < 1.29 is 23.1 Å². The normalized spacial score (nSPS) is 10.7. The molecule has 0 unspecified atom stereocenters. The van der Waals surface area contributed by atoms with Crippen LogP contribution in [-0.4, -0.2) is 48.3 Å². The number of methoxy groups -OCH3 is 1. The van der Waals surface area contributed by atoms with Crippen molar-refractivity contribution in [1.29, 1.82) is 0 Å². The van der Waals surface area contributed by atoms with Crippen LogP contribution in [0.5, 0.6) is 5.75 Å². The average Bonchev–Trinajstić information content (AvgIpc) is 3.08. The van der Waals surface area contributed by atoms with Crippen molar-refractivity contribution in [3.63, 3.8) is 0 Å². The smallest absolute Gasteiger partial charge is 0.290 e. The van der Waals surface area contributed by atoms with Gasteiger partial charge in [-0.25, -0.2) is 18.4 Å². The molecule has 3 aromatic rings. The zero-order chi connectivity index (χ0) is 19.3. The maximum atomic E-state index is 11.5. The Hall–Kier alpha value is -3.14. The van der Waals surface area contributed by atoms with Crippen molar-refractivity contribution in [2.45, 2.75) is 6.92 Å². The average molecular weight is 378 g/mol. The van der Waals surface area contributed by atoms with Crippen molar-refractivity contribution in [3.8, 4) is 17.3 Å². The zero-order valence-corrected chi connectivity index (χ0v) is 15.2. The predicted molar refractivity (Wildman–Crippen MR) is 97.8 cm³/mol. The molecule has 0 fully saturated rings. The number of rotatable bonds is 4. The van der Waals surface area contributed by atoms with E-state index in [1.54, 1.807) is 24.5 Å². The summed E-state index contributed by atoms with van der Waals surface area (Å²) in [4.78, 5) is 20.1. The van der Waals surface area contributed by atoms with Gasteiger partial charge in [0.15, 0.2) is 5.82 Å². The minimum Gasteiger partial charge on any atom is -0.495 e. The molecule has 0 amide bonds. The number of ether oxygens (including phenoxy) is 1. The summed E-state index contributed by atoms with van der Waals surface area (Å²) in [6.07, 6.45) is 4.47. The second kappa shape index (κ2) is 7.83. The van der Waals surface area contributed by atoms with Gasteiger partial charge in [-0.1, -0.05) is 0 Å². The summed E-state index contributed by atoms with van der Waals surface area (Å²) in [5, 5.41) is 7.77. The summed E-state index contributed by atoms with van der Waals surface area (Å²) >= 11 is 0. The molecule has 0 spiro atoms. The van der Waals surface area contributed by atoms with Crippen molar-refractivity contribution >= 4 is 33.1 Å². The molecule has 3 rings (SSSR count). The summed E-state index contributed by atoms with van der Waals surface area (Å²) < 4.78 is 30.8. The Bertz CT molecular complexity index is 1020. The number of nitrogens with one attached hydrogen (secondary N) is 2. The number of benzene rings is 1. The van der Waals surface area contributed by atoms with Crippen molar-refractivity contribution in [2.24, 2.45) is 0 Å². The largest absolute Gasteiger partial charge is 0.495 e. The molecule has 0 saturated heterocycles. The Morgan fingerprint density at radius 1 is 1.31 bits per heavy atom. The van der Waals surface area contributed by atoms with Gasteiger partial charge in [0.1, 0.15) is 11.4 Å². The molecule has 10 heteroatoms. The number of nitrogens with zero attached hydrogens (tertiary/aromatic N) is 2. The Balaban J connectivity index is 0.000000758. The first-order valence-corrected chi connectivity index (χ1v) is 9.23. The van der Waals surface area contributed by atoms with Crippen LogP contribution in [-0.2, 0) is 14.8 Å². The second-order valence-corrected chi connectivity index (χ2v) is 7.06. The standard InChI is InChI=1S/C15H16N4O3S.CH2O2/c1-9-6-13(15-16-4-5-17-15)18-11-8-12(19-23(3,20)21)14(22-2)7-10(9)11;2-1-3/h4-8,19H,1-3H3,(H,16,17);1H,(H,2,3). The Kier molecular flexibility index (Phi) is 5.78. The topological polar surface area (TPSA) is 134 Å². The molecular weight excluding hydrogens is 360 g/mol. The van der Waals surface area contributed by atoms with E-state index in [0.29, 0.717) is 28.5 Å². The van der Waals surface area contributed by atoms with Crippen molar-refractivity contribution in [3.05, 3.63) is 36.2 Å². The van der Waals surface area contributed by atoms with Gasteiger partial charge < -0.3 is 14.8 Å². The highest BCUT2D eigenvalue weighted by molar-refractivity contribution is 7.92. The van der Waals surface area contributed by atoms with E-state index in [0.717, 1.165) is 17.2 Å². The monoisotopic (exact) mass is 378 g/mol. The lowest BCUT2D eigenvalue weighted by Gasteiger charge is -2.13. The molecule has 26 heavy (non-hydrogen) atoms.